The lowest BCUT2D eigenvalue weighted by molar-refractivity contribution is 0.301. The Hall–Kier alpha value is -2.05. The Labute approximate surface area is 117 Å². The number of aryl methyl sites for hydroxylation is 1. The maximum absolute atomic E-state index is 11.5. The van der Waals surface area contributed by atoms with Gasteiger partial charge >= 0.3 is 7.12 Å². The molecular weight excluding hydrogens is 257 g/mol. The van der Waals surface area contributed by atoms with E-state index in [1.54, 1.807) is 41.1 Å². The van der Waals surface area contributed by atoms with Gasteiger partial charge in [-0.1, -0.05) is 18.2 Å². The van der Waals surface area contributed by atoms with Crippen LogP contribution in [0.25, 0.3) is 0 Å². The van der Waals surface area contributed by atoms with Gasteiger partial charge in [-0.3, -0.25) is 4.79 Å². The quantitative estimate of drug-likeness (QED) is 0.574. The second-order valence-electron chi connectivity index (χ2n) is 4.38. The van der Waals surface area contributed by atoms with E-state index in [0.29, 0.717) is 30.8 Å². The molecule has 104 valence electrons. The predicted molar refractivity (Wildman–Crippen MR) is 77.1 cm³/mol. The molecular formula is C14H16BNO4. The molecule has 0 saturated carbocycles. The second kappa shape index (κ2) is 6.93. The molecule has 2 rings (SSSR count). The number of pyridine rings is 1. The van der Waals surface area contributed by atoms with E-state index in [1.165, 1.54) is 6.07 Å². The number of nitrogens with zero attached hydrogens (tertiary/aromatic N) is 1. The van der Waals surface area contributed by atoms with Crippen molar-refractivity contribution < 1.29 is 14.8 Å². The fourth-order valence-corrected chi connectivity index (χ4v) is 1.81. The van der Waals surface area contributed by atoms with Crippen LogP contribution in [-0.2, 0) is 6.54 Å². The van der Waals surface area contributed by atoms with Crippen molar-refractivity contribution >= 4 is 12.6 Å². The molecule has 6 heteroatoms. The summed E-state index contributed by atoms with van der Waals surface area (Å²) in [5, 5.41) is 17.9. The molecule has 1 heterocycles. The number of rotatable bonds is 6. The van der Waals surface area contributed by atoms with Crippen LogP contribution in [0.5, 0.6) is 5.75 Å². The first-order valence-corrected chi connectivity index (χ1v) is 6.41. The van der Waals surface area contributed by atoms with Crippen LogP contribution < -0.4 is 15.8 Å². The molecule has 0 aliphatic heterocycles. The molecule has 5 nitrogen and oxygen atoms in total. The second-order valence-corrected chi connectivity index (χ2v) is 4.38. The van der Waals surface area contributed by atoms with Crippen LogP contribution in [0.4, 0.5) is 0 Å². The first-order valence-electron chi connectivity index (χ1n) is 6.41. The molecule has 0 unspecified atom stereocenters. The van der Waals surface area contributed by atoms with E-state index in [2.05, 4.69) is 0 Å². The highest BCUT2D eigenvalue weighted by Crippen LogP contribution is 2.08. The zero-order valence-electron chi connectivity index (χ0n) is 11.0. The maximum Gasteiger partial charge on any atom is 0.488 e. The van der Waals surface area contributed by atoms with Gasteiger partial charge < -0.3 is 19.4 Å². The summed E-state index contributed by atoms with van der Waals surface area (Å²) in [5.41, 5.74) is 0.405. The Balaban J connectivity index is 1.79. The first kappa shape index (κ1) is 14.4. The number of aromatic nitrogens is 1. The summed E-state index contributed by atoms with van der Waals surface area (Å²) in [6, 6.07) is 11.6. The van der Waals surface area contributed by atoms with Gasteiger partial charge in [0.25, 0.3) is 0 Å². The van der Waals surface area contributed by atoms with Crippen molar-refractivity contribution in [1.29, 1.82) is 0 Å². The monoisotopic (exact) mass is 273 g/mol. The van der Waals surface area contributed by atoms with Crippen molar-refractivity contribution in [3.8, 4) is 5.75 Å². The standard InChI is InChI=1S/C14H16BNO4/c17-14-4-1-2-9-16(14)10-3-11-20-13-7-5-12(6-8-13)15(18)19/h1-2,4-9,18-19H,3,10-11H2. The van der Waals surface area contributed by atoms with Crippen LogP contribution in [0, 0.1) is 0 Å². The van der Waals surface area contributed by atoms with Crippen molar-refractivity contribution in [1.82, 2.24) is 4.57 Å². The largest absolute Gasteiger partial charge is 0.494 e. The van der Waals surface area contributed by atoms with Crippen LogP contribution in [-0.4, -0.2) is 28.3 Å². The molecule has 0 aliphatic rings. The van der Waals surface area contributed by atoms with Gasteiger partial charge in [-0.25, -0.2) is 0 Å². The summed E-state index contributed by atoms with van der Waals surface area (Å²) in [6.07, 6.45) is 2.47. The Kier molecular flexibility index (Phi) is 4.98. The smallest absolute Gasteiger partial charge is 0.488 e. The first-order chi connectivity index (χ1) is 9.66. The topological polar surface area (TPSA) is 71.7 Å². The molecule has 2 N–H and O–H groups in total. The van der Waals surface area contributed by atoms with E-state index >= 15 is 0 Å². The van der Waals surface area contributed by atoms with Crippen LogP contribution >= 0.6 is 0 Å². The van der Waals surface area contributed by atoms with Gasteiger partial charge in [0.05, 0.1) is 6.61 Å². The lowest BCUT2D eigenvalue weighted by atomic mass is 9.80. The van der Waals surface area contributed by atoms with Gasteiger partial charge in [0.2, 0.25) is 5.56 Å². The van der Waals surface area contributed by atoms with E-state index < -0.39 is 7.12 Å². The molecule has 0 saturated heterocycles. The van der Waals surface area contributed by atoms with E-state index in [9.17, 15) is 4.79 Å². The third-order valence-corrected chi connectivity index (χ3v) is 2.89. The Morgan fingerprint density at radius 1 is 1.10 bits per heavy atom. The fraction of sp³-hybridized carbons (Fsp3) is 0.214. The summed E-state index contributed by atoms with van der Waals surface area (Å²) in [7, 11) is -1.46. The number of ether oxygens (including phenoxy) is 1. The number of hydrogen-bond donors (Lipinski definition) is 2. The van der Waals surface area contributed by atoms with E-state index in [4.69, 9.17) is 14.8 Å². The molecule has 0 spiro atoms. The highest BCUT2D eigenvalue weighted by Gasteiger charge is 2.09. The average molecular weight is 273 g/mol. The predicted octanol–water partition coefficient (Wildman–Crippen LogP) is -0.00280. The molecule has 1 aromatic heterocycles. The Bertz CT molecular complexity index is 595. The molecule has 20 heavy (non-hydrogen) atoms. The minimum atomic E-state index is -1.46. The normalized spacial score (nSPS) is 10.3. The Morgan fingerprint density at radius 2 is 1.85 bits per heavy atom. The van der Waals surface area contributed by atoms with Crippen LogP contribution in [0.3, 0.4) is 0 Å². The van der Waals surface area contributed by atoms with E-state index in [-0.39, 0.29) is 5.56 Å². The van der Waals surface area contributed by atoms with Gasteiger partial charge in [0, 0.05) is 18.8 Å². The molecule has 0 radical (unpaired) electrons. The van der Waals surface area contributed by atoms with Gasteiger partial charge in [-0.2, -0.15) is 0 Å². The lowest BCUT2D eigenvalue weighted by Crippen LogP contribution is -2.29. The maximum atomic E-state index is 11.5. The van der Waals surface area contributed by atoms with Crippen LogP contribution in [0.1, 0.15) is 6.42 Å². The molecule has 1 aromatic carbocycles. The molecule has 2 aromatic rings. The van der Waals surface area contributed by atoms with E-state index in [1.807, 2.05) is 6.07 Å². The number of hydrogen-bond acceptors (Lipinski definition) is 4. The fourth-order valence-electron chi connectivity index (χ4n) is 1.81. The minimum absolute atomic E-state index is 0.0196. The summed E-state index contributed by atoms with van der Waals surface area (Å²) in [6.45, 7) is 1.09. The number of benzene rings is 1. The third kappa shape index (κ3) is 3.98. The Morgan fingerprint density at radius 3 is 2.50 bits per heavy atom. The zero-order chi connectivity index (χ0) is 14.4. The molecule has 0 atom stereocenters. The van der Waals surface area contributed by atoms with Crippen molar-refractivity contribution in [2.75, 3.05) is 6.61 Å². The van der Waals surface area contributed by atoms with Crippen LogP contribution in [0.15, 0.2) is 53.5 Å². The zero-order valence-corrected chi connectivity index (χ0v) is 11.0. The summed E-state index contributed by atoms with van der Waals surface area (Å²) < 4.78 is 7.16. The van der Waals surface area contributed by atoms with Gasteiger partial charge in [0.1, 0.15) is 5.75 Å². The van der Waals surface area contributed by atoms with Gasteiger partial charge in [-0.15, -0.1) is 0 Å². The summed E-state index contributed by atoms with van der Waals surface area (Å²) in [5.74, 6) is 0.662. The van der Waals surface area contributed by atoms with Gasteiger partial charge in [0.15, 0.2) is 0 Å². The molecule has 0 fully saturated rings. The molecule has 0 bridgehead atoms. The van der Waals surface area contributed by atoms with Gasteiger partial charge in [-0.05, 0) is 30.1 Å². The highest BCUT2D eigenvalue weighted by atomic mass is 16.5. The lowest BCUT2D eigenvalue weighted by Gasteiger charge is -2.08. The van der Waals surface area contributed by atoms with Crippen molar-refractivity contribution in [2.24, 2.45) is 0 Å². The molecule has 0 aliphatic carbocycles. The SMILES string of the molecule is O=c1ccccn1CCCOc1ccc(B(O)O)cc1. The summed E-state index contributed by atoms with van der Waals surface area (Å²) in [4.78, 5) is 11.5. The average Bonchev–Trinajstić information content (AvgIpc) is 2.46. The van der Waals surface area contributed by atoms with E-state index in [0.717, 1.165) is 0 Å². The third-order valence-electron chi connectivity index (χ3n) is 2.89. The molecule has 0 amide bonds. The highest BCUT2D eigenvalue weighted by molar-refractivity contribution is 6.58. The van der Waals surface area contributed by atoms with Crippen molar-refractivity contribution in [2.45, 2.75) is 13.0 Å². The van der Waals surface area contributed by atoms with Crippen molar-refractivity contribution in [3.63, 3.8) is 0 Å². The van der Waals surface area contributed by atoms with Crippen molar-refractivity contribution in [3.05, 3.63) is 59.0 Å². The van der Waals surface area contributed by atoms with Crippen LogP contribution in [0.2, 0.25) is 0 Å². The summed E-state index contributed by atoms with van der Waals surface area (Å²) >= 11 is 0. The minimum Gasteiger partial charge on any atom is -0.494 e.